The molecule has 0 saturated heterocycles. The van der Waals surface area contributed by atoms with E-state index < -0.39 is 5.91 Å². The number of carbonyl (C=O) groups is 1. The second-order valence-corrected chi connectivity index (χ2v) is 8.65. The molecule has 0 radical (unpaired) electrons. The van der Waals surface area contributed by atoms with Crippen LogP contribution >= 0.6 is 34.2 Å². The number of hydrogen-bond acceptors (Lipinski definition) is 3. The van der Waals surface area contributed by atoms with Crippen molar-refractivity contribution >= 4 is 51.9 Å². The molecule has 3 aromatic rings. The minimum absolute atomic E-state index is 0.0330. The van der Waals surface area contributed by atoms with Gasteiger partial charge in [0.15, 0.2) is 0 Å². The van der Waals surface area contributed by atoms with Crippen molar-refractivity contribution in [2.24, 2.45) is 0 Å². The molecular formula is C25H20ClIN2O2. The van der Waals surface area contributed by atoms with Crippen LogP contribution in [-0.4, -0.2) is 5.91 Å². The third kappa shape index (κ3) is 6.33. The van der Waals surface area contributed by atoms with Crippen LogP contribution in [0.1, 0.15) is 22.3 Å². The number of anilines is 1. The number of nitrogens with zero attached hydrogens (tertiary/aromatic N) is 1. The monoisotopic (exact) mass is 542 g/mol. The number of amides is 1. The summed E-state index contributed by atoms with van der Waals surface area (Å²) in [6.45, 7) is 4.33. The molecule has 0 atom stereocenters. The quantitative estimate of drug-likeness (QED) is 0.215. The van der Waals surface area contributed by atoms with Crippen molar-refractivity contribution in [3.63, 3.8) is 0 Å². The zero-order chi connectivity index (χ0) is 22.4. The minimum Gasteiger partial charge on any atom is -0.488 e. The van der Waals surface area contributed by atoms with Gasteiger partial charge >= 0.3 is 0 Å². The fourth-order valence-corrected chi connectivity index (χ4v) is 3.75. The fourth-order valence-electron chi connectivity index (χ4n) is 2.92. The fraction of sp³-hybridized carbons (Fsp3) is 0.120. The topological polar surface area (TPSA) is 62.1 Å². The van der Waals surface area contributed by atoms with E-state index in [9.17, 15) is 10.1 Å². The van der Waals surface area contributed by atoms with E-state index in [-0.39, 0.29) is 5.57 Å². The molecule has 156 valence electrons. The van der Waals surface area contributed by atoms with Gasteiger partial charge < -0.3 is 10.1 Å². The van der Waals surface area contributed by atoms with E-state index in [1.165, 1.54) is 0 Å². The van der Waals surface area contributed by atoms with E-state index in [0.29, 0.717) is 17.3 Å². The maximum Gasteiger partial charge on any atom is 0.266 e. The molecule has 0 saturated carbocycles. The van der Waals surface area contributed by atoms with Crippen LogP contribution in [-0.2, 0) is 11.4 Å². The van der Waals surface area contributed by atoms with Crippen LogP contribution in [0.4, 0.5) is 5.69 Å². The summed E-state index contributed by atoms with van der Waals surface area (Å²) in [5.74, 6) is 0.290. The average molecular weight is 543 g/mol. The number of rotatable bonds is 6. The predicted octanol–water partition coefficient (Wildman–Crippen LogP) is 6.69. The molecular weight excluding hydrogens is 523 g/mol. The Labute approximate surface area is 200 Å². The molecule has 0 unspecified atom stereocenters. The van der Waals surface area contributed by atoms with Crippen molar-refractivity contribution in [1.29, 1.82) is 5.26 Å². The van der Waals surface area contributed by atoms with Crippen LogP contribution in [0.5, 0.6) is 5.75 Å². The maximum atomic E-state index is 12.6. The van der Waals surface area contributed by atoms with Gasteiger partial charge in [-0.05, 0) is 89.5 Å². The Morgan fingerprint density at radius 2 is 1.87 bits per heavy atom. The summed E-state index contributed by atoms with van der Waals surface area (Å²) in [5.41, 5.74) is 4.54. The first-order chi connectivity index (χ1) is 14.9. The third-order valence-corrected chi connectivity index (χ3v) is 5.66. The van der Waals surface area contributed by atoms with Crippen LogP contribution in [0.15, 0.2) is 66.2 Å². The van der Waals surface area contributed by atoms with Crippen molar-refractivity contribution in [2.75, 3.05) is 5.32 Å². The molecule has 6 heteroatoms. The number of halogens is 2. The Kier molecular flexibility index (Phi) is 7.72. The third-order valence-electron chi connectivity index (χ3n) is 4.57. The number of hydrogen-bond donors (Lipinski definition) is 1. The highest BCUT2D eigenvalue weighted by atomic mass is 127. The van der Waals surface area contributed by atoms with E-state index in [1.807, 2.05) is 80.6 Å². The zero-order valence-electron chi connectivity index (χ0n) is 17.1. The molecule has 0 bridgehead atoms. The van der Waals surface area contributed by atoms with Crippen LogP contribution in [0.3, 0.4) is 0 Å². The molecule has 0 aromatic heterocycles. The Hall–Kier alpha value is -2.82. The first-order valence-corrected chi connectivity index (χ1v) is 11.0. The van der Waals surface area contributed by atoms with Crippen LogP contribution in [0.25, 0.3) is 6.08 Å². The number of ether oxygens (including phenoxy) is 1. The summed E-state index contributed by atoms with van der Waals surface area (Å²) in [6, 6.07) is 20.7. The summed E-state index contributed by atoms with van der Waals surface area (Å²) in [4.78, 5) is 12.6. The molecule has 0 aliphatic heterocycles. The number of nitrogens with one attached hydrogen (secondary N) is 1. The lowest BCUT2D eigenvalue weighted by Crippen LogP contribution is -2.14. The number of benzene rings is 3. The second kappa shape index (κ2) is 10.5. The summed E-state index contributed by atoms with van der Waals surface area (Å²) >= 11 is 8.08. The standard InChI is InChI=1S/C25H20ClIN2O2/c1-16-3-9-23(17(2)11-16)29-25(30)20(14-28)12-19-6-10-24(22(27)13-19)31-15-18-4-7-21(26)8-5-18/h3-13H,15H2,1-2H3,(H,29,30)/b20-12+. The highest BCUT2D eigenvalue weighted by molar-refractivity contribution is 14.1. The SMILES string of the molecule is Cc1ccc(NC(=O)/C(C#N)=C/c2ccc(OCc3ccc(Cl)cc3)c(I)c2)c(C)c1. The predicted molar refractivity (Wildman–Crippen MR) is 133 cm³/mol. The second-order valence-electron chi connectivity index (χ2n) is 7.05. The minimum atomic E-state index is -0.437. The highest BCUT2D eigenvalue weighted by Crippen LogP contribution is 2.25. The molecule has 0 fully saturated rings. The molecule has 3 rings (SSSR count). The highest BCUT2D eigenvalue weighted by Gasteiger charge is 2.12. The summed E-state index contributed by atoms with van der Waals surface area (Å²) in [5, 5.41) is 13.0. The number of nitriles is 1. The van der Waals surface area contributed by atoms with E-state index in [4.69, 9.17) is 16.3 Å². The van der Waals surface area contributed by atoms with Crippen LogP contribution in [0.2, 0.25) is 5.02 Å². The Morgan fingerprint density at radius 3 is 2.52 bits per heavy atom. The van der Waals surface area contributed by atoms with Gasteiger partial charge in [0.1, 0.15) is 24.0 Å². The molecule has 1 N–H and O–H groups in total. The zero-order valence-corrected chi connectivity index (χ0v) is 20.0. The lowest BCUT2D eigenvalue weighted by molar-refractivity contribution is -0.112. The molecule has 0 spiro atoms. The molecule has 0 heterocycles. The van der Waals surface area contributed by atoms with E-state index in [2.05, 4.69) is 27.9 Å². The smallest absolute Gasteiger partial charge is 0.266 e. The van der Waals surface area contributed by atoms with Gasteiger partial charge in [-0.2, -0.15) is 5.26 Å². The Morgan fingerprint density at radius 1 is 1.13 bits per heavy atom. The molecule has 0 aliphatic carbocycles. The van der Waals surface area contributed by atoms with Crippen LogP contribution in [0, 0.1) is 28.7 Å². The molecule has 31 heavy (non-hydrogen) atoms. The van der Waals surface area contributed by atoms with Crippen molar-refractivity contribution < 1.29 is 9.53 Å². The van der Waals surface area contributed by atoms with E-state index in [1.54, 1.807) is 6.08 Å². The van der Waals surface area contributed by atoms with Gasteiger partial charge in [-0.1, -0.05) is 47.5 Å². The van der Waals surface area contributed by atoms with Gasteiger partial charge in [-0.25, -0.2) is 0 Å². The van der Waals surface area contributed by atoms with Gasteiger partial charge in [0.05, 0.1) is 3.57 Å². The van der Waals surface area contributed by atoms with Crippen LogP contribution < -0.4 is 10.1 Å². The van der Waals surface area contributed by atoms with Crippen molar-refractivity contribution in [3.05, 3.63) is 97.1 Å². The normalized spacial score (nSPS) is 11.0. The van der Waals surface area contributed by atoms with Crippen molar-refractivity contribution in [3.8, 4) is 11.8 Å². The first-order valence-electron chi connectivity index (χ1n) is 9.53. The van der Waals surface area contributed by atoms with Gasteiger partial charge in [0.2, 0.25) is 0 Å². The summed E-state index contributed by atoms with van der Waals surface area (Å²) < 4.78 is 6.76. The largest absolute Gasteiger partial charge is 0.488 e. The van der Waals surface area contributed by atoms with Crippen molar-refractivity contribution in [1.82, 2.24) is 0 Å². The van der Waals surface area contributed by atoms with E-state index in [0.717, 1.165) is 31.6 Å². The molecule has 3 aromatic carbocycles. The van der Waals surface area contributed by atoms with Gasteiger partial charge in [-0.3, -0.25) is 4.79 Å². The summed E-state index contributed by atoms with van der Waals surface area (Å²) in [7, 11) is 0. The van der Waals surface area contributed by atoms with Crippen molar-refractivity contribution in [2.45, 2.75) is 20.5 Å². The number of aryl methyl sites for hydroxylation is 2. The Bertz CT molecular complexity index is 1180. The van der Waals surface area contributed by atoms with Gasteiger partial charge in [0.25, 0.3) is 5.91 Å². The van der Waals surface area contributed by atoms with Gasteiger partial charge in [-0.15, -0.1) is 0 Å². The van der Waals surface area contributed by atoms with Gasteiger partial charge in [0, 0.05) is 10.7 Å². The molecule has 0 aliphatic rings. The number of carbonyl (C=O) groups excluding carboxylic acids is 1. The van der Waals surface area contributed by atoms with E-state index >= 15 is 0 Å². The lowest BCUT2D eigenvalue weighted by Gasteiger charge is -2.10. The average Bonchev–Trinajstić information content (AvgIpc) is 2.74. The lowest BCUT2D eigenvalue weighted by atomic mass is 10.1. The molecule has 1 amide bonds. The summed E-state index contributed by atoms with van der Waals surface area (Å²) in [6.07, 6.45) is 1.57. The molecule has 4 nitrogen and oxygen atoms in total. The Balaban J connectivity index is 1.71. The maximum absolute atomic E-state index is 12.6. The first kappa shape index (κ1) is 22.9.